The Kier molecular flexibility index (Phi) is 5.81. The van der Waals surface area contributed by atoms with E-state index in [0.717, 1.165) is 16.2 Å². The van der Waals surface area contributed by atoms with Gasteiger partial charge >= 0.3 is 0 Å². The first-order valence-electron chi connectivity index (χ1n) is 8.83. The molecule has 29 heavy (non-hydrogen) atoms. The van der Waals surface area contributed by atoms with E-state index in [4.69, 9.17) is 4.74 Å². The van der Waals surface area contributed by atoms with Crippen LogP contribution in [0, 0.1) is 0 Å². The van der Waals surface area contributed by atoms with Crippen molar-refractivity contribution in [1.82, 2.24) is 18.0 Å². The molecule has 11 heteroatoms. The lowest BCUT2D eigenvalue weighted by Gasteiger charge is -2.33. The van der Waals surface area contributed by atoms with E-state index < -0.39 is 10.0 Å². The summed E-state index contributed by atoms with van der Waals surface area (Å²) in [6.45, 7) is 0.985. The Labute approximate surface area is 180 Å². The zero-order chi connectivity index (χ0) is 20.4. The molecule has 8 nitrogen and oxygen atoms in total. The van der Waals surface area contributed by atoms with Crippen molar-refractivity contribution >= 4 is 54.6 Å². The molecule has 2 heterocycles. The lowest BCUT2D eigenvalue weighted by molar-refractivity contribution is -0.134. The van der Waals surface area contributed by atoms with Crippen molar-refractivity contribution in [3.05, 3.63) is 46.9 Å². The highest BCUT2D eigenvalue weighted by atomic mass is 79.9. The number of amides is 1. The maximum absolute atomic E-state index is 13.0. The third-order valence-corrected chi connectivity index (χ3v) is 7.64. The SMILES string of the molecule is O=C(COc1ccc(Br)cc1)N1CCN(S(=O)(=O)c2cccc3nsnc23)CC1. The maximum Gasteiger partial charge on any atom is 0.260 e. The highest BCUT2D eigenvalue weighted by Crippen LogP contribution is 2.25. The zero-order valence-electron chi connectivity index (χ0n) is 15.2. The van der Waals surface area contributed by atoms with Crippen LogP contribution in [0.25, 0.3) is 11.0 Å². The van der Waals surface area contributed by atoms with E-state index in [1.807, 2.05) is 12.1 Å². The van der Waals surface area contributed by atoms with Crippen LogP contribution in [0.15, 0.2) is 51.8 Å². The molecular formula is C18H17BrN4O4S2. The number of rotatable bonds is 5. The molecular weight excluding hydrogens is 480 g/mol. The van der Waals surface area contributed by atoms with Crippen molar-refractivity contribution in [2.24, 2.45) is 0 Å². The minimum Gasteiger partial charge on any atom is -0.484 e. The summed E-state index contributed by atoms with van der Waals surface area (Å²) in [5, 5.41) is 0. The van der Waals surface area contributed by atoms with Crippen LogP contribution in [0.4, 0.5) is 0 Å². The van der Waals surface area contributed by atoms with Crippen molar-refractivity contribution in [2.45, 2.75) is 4.90 Å². The van der Waals surface area contributed by atoms with Crippen LogP contribution in [0.3, 0.4) is 0 Å². The van der Waals surface area contributed by atoms with Gasteiger partial charge in [-0.05, 0) is 36.4 Å². The van der Waals surface area contributed by atoms with E-state index in [1.54, 1.807) is 35.2 Å². The Hall–Kier alpha value is -2.08. The van der Waals surface area contributed by atoms with Crippen LogP contribution in [0.1, 0.15) is 0 Å². The van der Waals surface area contributed by atoms with Crippen LogP contribution in [-0.4, -0.2) is 65.1 Å². The molecule has 2 aromatic carbocycles. The molecule has 0 bridgehead atoms. The number of sulfonamides is 1. The first kappa shape index (κ1) is 20.2. The number of carbonyl (C=O) groups excluding carboxylic acids is 1. The molecule has 0 N–H and O–H groups in total. The zero-order valence-corrected chi connectivity index (χ0v) is 18.4. The van der Waals surface area contributed by atoms with Crippen LogP contribution in [0.2, 0.25) is 0 Å². The Balaban J connectivity index is 1.38. The van der Waals surface area contributed by atoms with Gasteiger partial charge in [-0.2, -0.15) is 13.1 Å². The Morgan fingerprint density at radius 3 is 2.52 bits per heavy atom. The fourth-order valence-electron chi connectivity index (χ4n) is 3.07. The first-order chi connectivity index (χ1) is 13.9. The van der Waals surface area contributed by atoms with Crippen LogP contribution < -0.4 is 4.74 Å². The molecule has 0 radical (unpaired) electrons. The lowest BCUT2D eigenvalue weighted by atomic mass is 10.3. The van der Waals surface area contributed by atoms with Gasteiger partial charge in [-0.25, -0.2) is 8.42 Å². The van der Waals surface area contributed by atoms with Gasteiger partial charge in [0.15, 0.2) is 6.61 Å². The number of ether oxygens (including phenoxy) is 1. The fourth-order valence-corrected chi connectivity index (χ4v) is 5.51. The van der Waals surface area contributed by atoms with Gasteiger partial charge in [-0.15, -0.1) is 0 Å². The van der Waals surface area contributed by atoms with Crippen molar-refractivity contribution in [2.75, 3.05) is 32.8 Å². The van der Waals surface area contributed by atoms with Gasteiger partial charge in [-0.3, -0.25) is 4.79 Å². The average Bonchev–Trinajstić information content (AvgIpc) is 3.22. The lowest BCUT2D eigenvalue weighted by Crippen LogP contribution is -2.51. The highest BCUT2D eigenvalue weighted by molar-refractivity contribution is 9.10. The van der Waals surface area contributed by atoms with E-state index in [1.165, 1.54) is 4.31 Å². The third kappa shape index (κ3) is 4.27. The van der Waals surface area contributed by atoms with Crippen molar-refractivity contribution < 1.29 is 17.9 Å². The number of fused-ring (bicyclic) bond motifs is 1. The van der Waals surface area contributed by atoms with Gasteiger partial charge < -0.3 is 9.64 Å². The van der Waals surface area contributed by atoms with Crippen LogP contribution in [-0.2, 0) is 14.8 Å². The summed E-state index contributed by atoms with van der Waals surface area (Å²) in [7, 11) is -3.70. The summed E-state index contributed by atoms with van der Waals surface area (Å²) in [5.74, 6) is 0.434. The van der Waals surface area contributed by atoms with Gasteiger partial charge in [-0.1, -0.05) is 22.0 Å². The predicted molar refractivity (Wildman–Crippen MR) is 112 cm³/mol. The molecule has 1 aromatic heterocycles. The Morgan fingerprint density at radius 1 is 1.07 bits per heavy atom. The van der Waals surface area contributed by atoms with E-state index in [0.29, 0.717) is 29.9 Å². The number of benzene rings is 2. The summed E-state index contributed by atoms with van der Waals surface area (Å²) >= 11 is 4.33. The Morgan fingerprint density at radius 2 is 1.79 bits per heavy atom. The first-order valence-corrected chi connectivity index (χ1v) is 11.8. The van der Waals surface area contributed by atoms with Gasteiger partial charge in [0.2, 0.25) is 10.0 Å². The second-order valence-electron chi connectivity index (χ2n) is 6.42. The minimum atomic E-state index is -3.70. The van der Waals surface area contributed by atoms with Crippen LogP contribution in [0.5, 0.6) is 5.75 Å². The summed E-state index contributed by atoms with van der Waals surface area (Å²) in [5.41, 5.74) is 0.953. The molecule has 1 fully saturated rings. The topological polar surface area (TPSA) is 92.7 Å². The van der Waals surface area contributed by atoms with Gasteiger partial charge in [0.1, 0.15) is 21.7 Å². The summed E-state index contributed by atoms with van der Waals surface area (Å²) in [4.78, 5) is 14.2. The van der Waals surface area contributed by atoms with Gasteiger partial charge in [0.05, 0.1) is 11.7 Å². The molecule has 0 saturated carbocycles. The quantitative estimate of drug-likeness (QED) is 0.538. The molecule has 0 atom stereocenters. The van der Waals surface area contributed by atoms with Crippen molar-refractivity contribution in [3.63, 3.8) is 0 Å². The predicted octanol–water partition coefficient (Wildman–Crippen LogP) is 2.37. The summed E-state index contributed by atoms with van der Waals surface area (Å²) in [6, 6.07) is 12.2. The van der Waals surface area contributed by atoms with Crippen molar-refractivity contribution in [3.8, 4) is 5.75 Å². The Bertz CT molecular complexity index is 1130. The number of carbonyl (C=O) groups is 1. The number of halogens is 1. The fraction of sp³-hybridized carbons (Fsp3) is 0.278. The molecule has 0 aliphatic carbocycles. The van der Waals surface area contributed by atoms with Gasteiger partial charge in [0, 0.05) is 30.7 Å². The summed E-state index contributed by atoms with van der Waals surface area (Å²) in [6.07, 6.45) is 0. The third-order valence-electron chi connectivity index (χ3n) is 4.63. The monoisotopic (exact) mass is 496 g/mol. The minimum absolute atomic E-state index is 0.0851. The summed E-state index contributed by atoms with van der Waals surface area (Å²) < 4.78 is 42.2. The molecule has 1 aliphatic rings. The molecule has 4 rings (SSSR count). The standard InChI is InChI=1S/C18H17BrN4O4S2/c19-13-4-6-14(7-5-13)27-12-17(24)22-8-10-23(11-9-22)29(25,26)16-3-1-2-15-18(16)21-28-20-15/h1-7H,8-12H2. The molecule has 152 valence electrons. The van der Waals surface area contributed by atoms with E-state index in [-0.39, 0.29) is 30.5 Å². The van der Waals surface area contributed by atoms with Crippen LogP contribution >= 0.6 is 27.7 Å². The number of aromatic nitrogens is 2. The second kappa shape index (κ2) is 8.34. The van der Waals surface area contributed by atoms with E-state index >= 15 is 0 Å². The smallest absolute Gasteiger partial charge is 0.260 e. The van der Waals surface area contributed by atoms with E-state index in [9.17, 15) is 13.2 Å². The largest absolute Gasteiger partial charge is 0.484 e. The molecule has 0 spiro atoms. The van der Waals surface area contributed by atoms with E-state index in [2.05, 4.69) is 24.7 Å². The molecule has 1 saturated heterocycles. The number of piperazine rings is 1. The molecule has 1 aliphatic heterocycles. The molecule has 1 amide bonds. The maximum atomic E-state index is 13.0. The number of hydrogen-bond donors (Lipinski definition) is 0. The normalized spacial score (nSPS) is 15.6. The number of hydrogen-bond acceptors (Lipinski definition) is 7. The second-order valence-corrected chi connectivity index (χ2v) is 9.77. The molecule has 3 aromatic rings. The van der Waals surface area contributed by atoms with Gasteiger partial charge in [0.25, 0.3) is 5.91 Å². The molecule has 0 unspecified atom stereocenters. The van der Waals surface area contributed by atoms with Crippen molar-refractivity contribution in [1.29, 1.82) is 0 Å². The number of nitrogens with zero attached hydrogens (tertiary/aromatic N) is 4. The highest BCUT2D eigenvalue weighted by Gasteiger charge is 2.32. The average molecular weight is 497 g/mol.